The number of aryl methyl sites for hydroxylation is 1. The van der Waals surface area contributed by atoms with E-state index in [1.807, 2.05) is 63.2 Å². The van der Waals surface area contributed by atoms with Crippen molar-refractivity contribution < 1.29 is 19.1 Å². The second kappa shape index (κ2) is 9.38. The largest absolute Gasteiger partial charge is 0.494 e. The van der Waals surface area contributed by atoms with Gasteiger partial charge in [-0.3, -0.25) is 4.79 Å². The number of hydrazone groups is 1. The molecule has 1 atom stereocenters. The lowest BCUT2D eigenvalue weighted by molar-refractivity contribution is -0.130. The predicted molar refractivity (Wildman–Crippen MR) is 128 cm³/mol. The SMILES string of the molecule is CCOc1ccc(Oc2c(/C=N\N3C(=O)N[C@@](C)(CC)C3=O)c(C)nn2-c2ccccc2)cc1. The first kappa shape index (κ1) is 23.0. The first-order valence-electron chi connectivity index (χ1n) is 11.1. The standard InChI is InChI=1S/C25H27N5O4/c1-5-25(4)23(31)30(24(32)27-25)26-16-21-17(3)28-29(18-10-8-7-9-11-18)22(21)34-20-14-12-19(13-15-20)33-6-2/h7-16H,5-6H2,1-4H3,(H,27,32)/b26-16-/t25-/m0/s1. The van der Waals surface area contributed by atoms with Gasteiger partial charge >= 0.3 is 6.03 Å². The Balaban J connectivity index is 1.72. The number of nitrogens with one attached hydrogen (secondary N) is 1. The highest BCUT2D eigenvalue weighted by Crippen LogP contribution is 2.31. The number of hydrogen-bond donors (Lipinski definition) is 1. The van der Waals surface area contributed by atoms with Crippen molar-refractivity contribution >= 4 is 18.2 Å². The summed E-state index contributed by atoms with van der Waals surface area (Å²) in [6.07, 6.45) is 1.89. The normalized spacial score (nSPS) is 17.9. The molecule has 2 heterocycles. The summed E-state index contributed by atoms with van der Waals surface area (Å²) in [5, 5.41) is 12.4. The van der Waals surface area contributed by atoms with Gasteiger partial charge in [0.2, 0.25) is 5.88 Å². The van der Waals surface area contributed by atoms with Gasteiger partial charge in [0.05, 0.1) is 29.8 Å². The van der Waals surface area contributed by atoms with E-state index in [1.165, 1.54) is 6.21 Å². The summed E-state index contributed by atoms with van der Waals surface area (Å²) in [6.45, 7) is 7.82. The van der Waals surface area contributed by atoms with Crippen LogP contribution < -0.4 is 14.8 Å². The van der Waals surface area contributed by atoms with Crippen LogP contribution in [0.25, 0.3) is 5.69 Å². The van der Waals surface area contributed by atoms with Crippen LogP contribution in [-0.4, -0.2) is 45.1 Å². The number of urea groups is 1. The molecule has 1 saturated heterocycles. The van der Waals surface area contributed by atoms with Crippen LogP contribution in [0.3, 0.4) is 0 Å². The summed E-state index contributed by atoms with van der Waals surface area (Å²) < 4.78 is 13.4. The van der Waals surface area contributed by atoms with Gasteiger partial charge in [0, 0.05) is 0 Å². The molecule has 1 N–H and O–H groups in total. The molecule has 9 nitrogen and oxygen atoms in total. The van der Waals surface area contributed by atoms with E-state index in [4.69, 9.17) is 9.47 Å². The molecule has 3 aromatic rings. The maximum absolute atomic E-state index is 12.7. The molecule has 0 bridgehead atoms. The van der Waals surface area contributed by atoms with E-state index in [2.05, 4.69) is 15.5 Å². The van der Waals surface area contributed by atoms with Crippen LogP contribution in [0.4, 0.5) is 4.79 Å². The zero-order chi connectivity index (χ0) is 24.3. The molecule has 1 fully saturated rings. The maximum Gasteiger partial charge on any atom is 0.346 e. The molecule has 9 heteroatoms. The highest BCUT2D eigenvalue weighted by Gasteiger charge is 2.47. The lowest BCUT2D eigenvalue weighted by Crippen LogP contribution is -2.42. The number of carbonyl (C=O) groups is 2. The van der Waals surface area contributed by atoms with Crippen molar-refractivity contribution in [2.24, 2.45) is 5.10 Å². The average molecular weight is 462 g/mol. The third-order valence-corrected chi connectivity index (χ3v) is 5.66. The molecule has 1 aliphatic heterocycles. The van der Waals surface area contributed by atoms with Crippen LogP contribution in [-0.2, 0) is 4.79 Å². The number of nitrogens with zero attached hydrogens (tertiary/aromatic N) is 4. The van der Waals surface area contributed by atoms with E-state index >= 15 is 0 Å². The molecule has 0 unspecified atom stereocenters. The first-order valence-corrected chi connectivity index (χ1v) is 11.1. The van der Waals surface area contributed by atoms with Gasteiger partial charge in [-0.15, -0.1) is 5.01 Å². The Morgan fingerprint density at radius 2 is 1.74 bits per heavy atom. The molecule has 0 radical (unpaired) electrons. The third-order valence-electron chi connectivity index (χ3n) is 5.66. The summed E-state index contributed by atoms with van der Waals surface area (Å²) in [4.78, 5) is 25.1. The Labute approximate surface area is 198 Å². The fourth-order valence-electron chi connectivity index (χ4n) is 3.52. The van der Waals surface area contributed by atoms with E-state index < -0.39 is 17.5 Å². The van der Waals surface area contributed by atoms with Gasteiger partial charge in [-0.2, -0.15) is 14.9 Å². The molecule has 0 spiro atoms. The Kier molecular flexibility index (Phi) is 6.36. The Morgan fingerprint density at radius 3 is 2.35 bits per heavy atom. The second-order valence-electron chi connectivity index (χ2n) is 8.04. The van der Waals surface area contributed by atoms with Crippen LogP contribution in [0.5, 0.6) is 17.4 Å². The topological polar surface area (TPSA) is 98.1 Å². The van der Waals surface area contributed by atoms with Crippen LogP contribution >= 0.6 is 0 Å². The molecule has 4 rings (SSSR count). The van der Waals surface area contributed by atoms with Gasteiger partial charge in [-0.1, -0.05) is 25.1 Å². The number of benzene rings is 2. The summed E-state index contributed by atoms with van der Waals surface area (Å²) >= 11 is 0. The molecule has 1 aliphatic rings. The highest BCUT2D eigenvalue weighted by molar-refractivity contribution is 6.07. The van der Waals surface area contributed by atoms with Crippen LogP contribution in [0, 0.1) is 6.92 Å². The molecule has 3 amide bonds. The van der Waals surface area contributed by atoms with Crippen LogP contribution in [0.15, 0.2) is 59.7 Å². The highest BCUT2D eigenvalue weighted by atomic mass is 16.5. The zero-order valence-corrected chi connectivity index (χ0v) is 19.6. The molecule has 1 aromatic heterocycles. The minimum atomic E-state index is -0.973. The number of imide groups is 1. The summed E-state index contributed by atoms with van der Waals surface area (Å²) in [5.41, 5.74) is 0.987. The third kappa shape index (κ3) is 4.36. The minimum Gasteiger partial charge on any atom is -0.494 e. The number of amides is 3. The quantitative estimate of drug-likeness (QED) is 0.395. The lowest BCUT2D eigenvalue weighted by Gasteiger charge is -2.17. The molecular weight excluding hydrogens is 434 g/mol. The first-order chi connectivity index (χ1) is 16.4. The van der Waals surface area contributed by atoms with Crippen molar-refractivity contribution in [1.82, 2.24) is 20.1 Å². The number of para-hydroxylation sites is 1. The van der Waals surface area contributed by atoms with E-state index in [0.717, 1.165) is 16.4 Å². The van der Waals surface area contributed by atoms with E-state index in [9.17, 15) is 9.59 Å². The summed E-state index contributed by atoms with van der Waals surface area (Å²) in [5.74, 6) is 1.31. The van der Waals surface area contributed by atoms with E-state index in [1.54, 1.807) is 23.7 Å². The molecule has 176 valence electrons. The fourth-order valence-corrected chi connectivity index (χ4v) is 3.52. The molecule has 2 aromatic carbocycles. The van der Waals surface area contributed by atoms with E-state index in [-0.39, 0.29) is 0 Å². The number of carbonyl (C=O) groups excluding carboxylic acids is 2. The minimum absolute atomic E-state index is 0.404. The zero-order valence-electron chi connectivity index (χ0n) is 19.6. The predicted octanol–water partition coefficient (Wildman–Crippen LogP) is 4.43. The summed E-state index contributed by atoms with van der Waals surface area (Å²) in [6, 6.07) is 16.2. The van der Waals surface area contributed by atoms with Crippen molar-refractivity contribution in [3.05, 3.63) is 65.9 Å². The van der Waals surface area contributed by atoms with Crippen molar-refractivity contribution in [3.8, 4) is 23.1 Å². The van der Waals surface area contributed by atoms with Gasteiger partial charge in [0.15, 0.2) is 0 Å². The monoisotopic (exact) mass is 461 g/mol. The number of aromatic nitrogens is 2. The van der Waals surface area contributed by atoms with Gasteiger partial charge in [-0.25, -0.2) is 4.79 Å². The number of hydrogen-bond acceptors (Lipinski definition) is 6. The Hall–Kier alpha value is -4.14. The Bertz CT molecular complexity index is 1220. The van der Waals surface area contributed by atoms with Crippen molar-refractivity contribution in [1.29, 1.82) is 0 Å². The van der Waals surface area contributed by atoms with Gasteiger partial charge in [-0.05, 0) is 63.6 Å². The number of ether oxygens (including phenoxy) is 2. The molecule has 34 heavy (non-hydrogen) atoms. The average Bonchev–Trinajstić information content (AvgIpc) is 3.26. The van der Waals surface area contributed by atoms with Crippen LogP contribution in [0.2, 0.25) is 0 Å². The van der Waals surface area contributed by atoms with Gasteiger partial charge in [0.25, 0.3) is 5.91 Å². The van der Waals surface area contributed by atoms with Crippen molar-refractivity contribution in [2.75, 3.05) is 6.61 Å². The Morgan fingerprint density at radius 1 is 1.06 bits per heavy atom. The van der Waals surface area contributed by atoms with E-state index in [0.29, 0.717) is 35.9 Å². The molecule has 0 saturated carbocycles. The smallest absolute Gasteiger partial charge is 0.346 e. The molecular formula is C25H27N5O4. The fraction of sp³-hybridized carbons (Fsp3) is 0.280. The summed E-state index contributed by atoms with van der Waals surface area (Å²) in [7, 11) is 0. The molecule has 0 aliphatic carbocycles. The van der Waals surface area contributed by atoms with Crippen molar-refractivity contribution in [3.63, 3.8) is 0 Å². The van der Waals surface area contributed by atoms with Crippen LogP contribution in [0.1, 0.15) is 38.4 Å². The lowest BCUT2D eigenvalue weighted by atomic mass is 10.00. The second-order valence-corrected chi connectivity index (χ2v) is 8.04. The maximum atomic E-state index is 12.7. The van der Waals surface area contributed by atoms with Gasteiger partial charge in [0.1, 0.15) is 17.0 Å². The van der Waals surface area contributed by atoms with Crippen molar-refractivity contribution in [2.45, 2.75) is 39.7 Å². The number of rotatable bonds is 8. The van der Waals surface area contributed by atoms with Gasteiger partial charge < -0.3 is 14.8 Å².